The van der Waals surface area contributed by atoms with Gasteiger partial charge in [0, 0.05) is 49.8 Å². The lowest BCUT2D eigenvalue weighted by Gasteiger charge is -2.31. The number of benzene rings is 3. The minimum Gasteiger partial charge on any atom is -0.497 e. The molecule has 0 N–H and O–H groups in total. The Hall–Kier alpha value is -4.35. The van der Waals surface area contributed by atoms with Crippen LogP contribution in [0.25, 0.3) is 0 Å². The van der Waals surface area contributed by atoms with Gasteiger partial charge in [-0.25, -0.2) is 13.8 Å². The van der Waals surface area contributed by atoms with Crippen LogP contribution in [0.2, 0.25) is 0 Å². The molecule has 11 heteroatoms. The van der Waals surface area contributed by atoms with Crippen molar-refractivity contribution in [2.45, 2.75) is 12.5 Å². The summed E-state index contributed by atoms with van der Waals surface area (Å²) in [6, 6.07) is 16.1. The van der Waals surface area contributed by atoms with E-state index in [0.29, 0.717) is 67.6 Å². The van der Waals surface area contributed by atoms with Gasteiger partial charge in [0.2, 0.25) is 0 Å². The molecule has 2 heterocycles. The Bertz CT molecular complexity index is 1480. The zero-order chi connectivity index (χ0) is 30.3. The van der Waals surface area contributed by atoms with Gasteiger partial charge in [-0.1, -0.05) is 18.2 Å². The van der Waals surface area contributed by atoms with Crippen molar-refractivity contribution in [1.29, 1.82) is 0 Å². The Morgan fingerprint density at radius 3 is 2.44 bits per heavy atom. The summed E-state index contributed by atoms with van der Waals surface area (Å²) in [6.07, 6.45) is 0.339. The molecule has 1 atom stereocenters. The number of rotatable bonds is 10. The topological polar surface area (TPSA) is 83.9 Å². The number of methoxy groups -OCH3 is 2. The number of hydrogen-bond acceptors (Lipinski definition) is 7. The third kappa shape index (κ3) is 7.18. The van der Waals surface area contributed by atoms with Crippen LogP contribution in [0.3, 0.4) is 0 Å². The highest BCUT2D eigenvalue weighted by Gasteiger charge is 2.35. The maximum absolute atomic E-state index is 14.0. The smallest absolute Gasteiger partial charge is 0.262 e. The molecule has 3 aromatic rings. The summed E-state index contributed by atoms with van der Waals surface area (Å²) in [6.45, 7) is 3.11. The first-order chi connectivity index (χ1) is 20.9. The minimum absolute atomic E-state index is 0.151. The fourth-order valence-corrected chi connectivity index (χ4v) is 5.26. The van der Waals surface area contributed by atoms with E-state index in [0.717, 1.165) is 6.07 Å². The van der Waals surface area contributed by atoms with Gasteiger partial charge < -0.3 is 19.1 Å². The van der Waals surface area contributed by atoms with E-state index in [9.17, 15) is 18.4 Å². The standard InChI is InChI=1S/C32H34F2N4O5/c1-41-26-10-11-27(30(19-26)42-2)28-20-29(22-6-8-24(33)9-7-22)38(35-28)31(39)21-37(13-12-36-14-16-43-17-15-36)32(40)23-4-3-5-25(34)18-23/h3-11,18-19,29H,12-17,20-21H2,1-2H3/t29-/m0/s1. The van der Waals surface area contributed by atoms with Crippen LogP contribution in [-0.2, 0) is 9.53 Å². The fourth-order valence-electron chi connectivity index (χ4n) is 5.26. The molecule has 0 aromatic heterocycles. The quantitative estimate of drug-likeness (QED) is 0.352. The van der Waals surface area contributed by atoms with Gasteiger partial charge in [-0.05, 0) is 48.0 Å². The zero-order valence-corrected chi connectivity index (χ0v) is 24.2. The predicted molar refractivity (Wildman–Crippen MR) is 156 cm³/mol. The van der Waals surface area contributed by atoms with E-state index in [1.54, 1.807) is 38.5 Å². The largest absolute Gasteiger partial charge is 0.497 e. The number of halogens is 2. The molecule has 3 aromatic carbocycles. The van der Waals surface area contributed by atoms with E-state index in [4.69, 9.17) is 19.3 Å². The Balaban J connectivity index is 1.45. The van der Waals surface area contributed by atoms with E-state index in [1.807, 2.05) is 6.07 Å². The van der Waals surface area contributed by atoms with Crippen LogP contribution >= 0.6 is 0 Å². The first kappa shape index (κ1) is 30.1. The molecule has 2 aliphatic heterocycles. The van der Waals surface area contributed by atoms with Crippen LogP contribution < -0.4 is 9.47 Å². The van der Waals surface area contributed by atoms with Crippen LogP contribution in [-0.4, -0.2) is 92.5 Å². The second-order valence-electron chi connectivity index (χ2n) is 10.3. The molecule has 0 aliphatic carbocycles. The molecule has 0 bridgehead atoms. The van der Waals surface area contributed by atoms with Crippen molar-refractivity contribution in [2.75, 3.05) is 60.2 Å². The zero-order valence-electron chi connectivity index (χ0n) is 24.2. The highest BCUT2D eigenvalue weighted by Crippen LogP contribution is 2.36. The van der Waals surface area contributed by atoms with Crippen molar-refractivity contribution in [3.63, 3.8) is 0 Å². The molecule has 226 valence electrons. The van der Waals surface area contributed by atoms with Gasteiger partial charge in [0.25, 0.3) is 11.8 Å². The number of nitrogens with zero attached hydrogens (tertiary/aromatic N) is 4. The van der Waals surface area contributed by atoms with Gasteiger partial charge in [-0.15, -0.1) is 0 Å². The van der Waals surface area contributed by atoms with Crippen molar-refractivity contribution in [2.24, 2.45) is 5.10 Å². The molecule has 1 fully saturated rings. The normalized spacial score (nSPS) is 17.0. The lowest BCUT2D eigenvalue weighted by atomic mass is 9.97. The summed E-state index contributed by atoms with van der Waals surface area (Å²) in [4.78, 5) is 31.1. The third-order valence-electron chi connectivity index (χ3n) is 7.62. The summed E-state index contributed by atoms with van der Waals surface area (Å²) >= 11 is 0. The fraction of sp³-hybridized carbons (Fsp3) is 0.344. The molecule has 0 radical (unpaired) electrons. The first-order valence-electron chi connectivity index (χ1n) is 14.1. The number of hydrazone groups is 1. The molecule has 0 spiro atoms. The Labute approximate surface area is 249 Å². The van der Waals surface area contributed by atoms with Gasteiger partial charge in [-0.3, -0.25) is 14.5 Å². The summed E-state index contributed by atoms with van der Waals surface area (Å²) in [5.41, 5.74) is 2.12. The van der Waals surface area contributed by atoms with Crippen LogP contribution in [0, 0.1) is 11.6 Å². The number of morpholine rings is 1. The van der Waals surface area contributed by atoms with E-state index in [1.165, 1.54) is 40.2 Å². The molecule has 9 nitrogen and oxygen atoms in total. The number of amides is 2. The van der Waals surface area contributed by atoms with Crippen molar-refractivity contribution in [1.82, 2.24) is 14.8 Å². The van der Waals surface area contributed by atoms with Crippen molar-refractivity contribution in [3.05, 3.63) is 95.1 Å². The first-order valence-corrected chi connectivity index (χ1v) is 14.1. The van der Waals surface area contributed by atoms with Crippen LogP contribution in [0.4, 0.5) is 8.78 Å². The maximum Gasteiger partial charge on any atom is 0.262 e. The SMILES string of the molecule is COc1ccc(C2=NN(C(=O)CN(CCN3CCOCC3)C(=O)c3cccc(F)c3)[C@H](c3ccc(F)cc3)C2)c(OC)c1. The Morgan fingerprint density at radius 2 is 1.74 bits per heavy atom. The molecule has 43 heavy (non-hydrogen) atoms. The van der Waals surface area contributed by atoms with E-state index in [-0.39, 0.29) is 18.7 Å². The third-order valence-corrected chi connectivity index (χ3v) is 7.62. The lowest BCUT2D eigenvalue weighted by Crippen LogP contribution is -2.46. The van der Waals surface area contributed by atoms with Gasteiger partial charge >= 0.3 is 0 Å². The van der Waals surface area contributed by atoms with Crippen LogP contribution in [0.1, 0.15) is 33.9 Å². The van der Waals surface area contributed by atoms with Gasteiger partial charge in [0.15, 0.2) is 0 Å². The minimum atomic E-state index is -0.541. The Kier molecular flexibility index (Phi) is 9.63. The van der Waals surface area contributed by atoms with E-state index < -0.39 is 29.5 Å². The molecule has 2 amide bonds. The van der Waals surface area contributed by atoms with Crippen molar-refractivity contribution in [3.8, 4) is 11.5 Å². The highest BCUT2D eigenvalue weighted by molar-refractivity contribution is 6.05. The average molecular weight is 593 g/mol. The van der Waals surface area contributed by atoms with Crippen molar-refractivity contribution < 1.29 is 32.6 Å². The summed E-state index contributed by atoms with van der Waals surface area (Å²) in [7, 11) is 3.10. The maximum atomic E-state index is 14.0. The molecule has 5 rings (SSSR count). The molecule has 0 unspecified atom stereocenters. The van der Waals surface area contributed by atoms with E-state index in [2.05, 4.69) is 4.90 Å². The number of hydrogen-bond donors (Lipinski definition) is 0. The molecular weight excluding hydrogens is 558 g/mol. The number of carbonyl (C=O) groups excluding carboxylic acids is 2. The second kappa shape index (κ2) is 13.7. The van der Waals surface area contributed by atoms with E-state index >= 15 is 0 Å². The molecular formula is C32H34F2N4O5. The van der Waals surface area contributed by atoms with Crippen LogP contribution in [0.15, 0.2) is 71.8 Å². The predicted octanol–water partition coefficient (Wildman–Crippen LogP) is 4.13. The highest BCUT2D eigenvalue weighted by atomic mass is 19.1. The lowest BCUT2D eigenvalue weighted by molar-refractivity contribution is -0.133. The molecule has 0 saturated carbocycles. The number of ether oxygens (including phenoxy) is 3. The summed E-state index contributed by atoms with van der Waals surface area (Å²) in [5.74, 6) is -0.688. The van der Waals surface area contributed by atoms with Gasteiger partial charge in [0.05, 0.1) is 39.2 Å². The summed E-state index contributed by atoms with van der Waals surface area (Å²) < 4.78 is 44.2. The monoisotopic (exact) mass is 592 g/mol. The molecule has 2 aliphatic rings. The molecule has 1 saturated heterocycles. The van der Waals surface area contributed by atoms with Crippen LogP contribution in [0.5, 0.6) is 11.5 Å². The van der Waals surface area contributed by atoms with Gasteiger partial charge in [-0.2, -0.15) is 5.10 Å². The Morgan fingerprint density at radius 1 is 0.977 bits per heavy atom. The summed E-state index contributed by atoms with van der Waals surface area (Å²) in [5, 5.41) is 6.07. The van der Waals surface area contributed by atoms with Gasteiger partial charge in [0.1, 0.15) is 29.7 Å². The average Bonchev–Trinajstić information content (AvgIpc) is 3.48. The second-order valence-corrected chi connectivity index (χ2v) is 10.3. The van der Waals surface area contributed by atoms with Crippen molar-refractivity contribution >= 4 is 17.5 Å². The number of carbonyl (C=O) groups is 2.